The molecule has 0 aliphatic rings. The minimum atomic E-state index is 0.0613. The smallest absolute Gasteiger partial charge is 0.198 e. The van der Waals surface area contributed by atoms with Crippen LogP contribution in [0.5, 0.6) is 0 Å². The van der Waals surface area contributed by atoms with E-state index in [1.165, 1.54) is 11.1 Å². The van der Waals surface area contributed by atoms with Crippen LogP contribution >= 0.6 is 0 Å². The lowest BCUT2D eigenvalue weighted by Crippen LogP contribution is -1.99. The van der Waals surface area contributed by atoms with E-state index in [4.69, 9.17) is 4.42 Å². The number of ketones is 1. The molecule has 2 heteroatoms. The summed E-state index contributed by atoms with van der Waals surface area (Å²) in [6.45, 7) is 4.05. The monoisotopic (exact) mass is 278 g/mol. The second-order valence-electron chi connectivity index (χ2n) is 5.51. The molecule has 0 N–H and O–H groups in total. The van der Waals surface area contributed by atoms with Gasteiger partial charge in [0.25, 0.3) is 0 Å². The van der Waals surface area contributed by atoms with Crippen LogP contribution in [0, 0.1) is 13.8 Å². The highest BCUT2D eigenvalue weighted by Crippen LogP contribution is 2.23. The Hall–Kier alpha value is -2.35. The van der Waals surface area contributed by atoms with E-state index in [0.29, 0.717) is 12.2 Å². The number of hydrogen-bond donors (Lipinski definition) is 0. The lowest BCUT2D eigenvalue weighted by atomic mass is 10.1. The Kier molecular flexibility index (Phi) is 3.61. The van der Waals surface area contributed by atoms with Gasteiger partial charge in [-0.3, -0.25) is 4.79 Å². The van der Waals surface area contributed by atoms with Crippen molar-refractivity contribution in [1.29, 1.82) is 0 Å². The average molecular weight is 278 g/mol. The van der Waals surface area contributed by atoms with Crippen molar-refractivity contribution in [3.05, 3.63) is 71.0 Å². The Labute approximate surface area is 124 Å². The summed E-state index contributed by atoms with van der Waals surface area (Å²) in [5.74, 6) is 0.526. The maximum absolute atomic E-state index is 12.3. The van der Waals surface area contributed by atoms with E-state index >= 15 is 0 Å². The fourth-order valence-electron chi connectivity index (χ4n) is 2.48. The number of aryl methyl sites for hydroxylation is 3. The van der Waals surface area contributed by atoms with E-state index in [-0.39, 0.29) is 5.78 Å². The molecule has 0 atom stereocenters. The summed E-state index contributed by atoms with van der Waals surface area (Å²) in [7, 11) is 0. The van der Waals surface area contributed by atoms with Gasteiger partial charge in [-0.15, -0.1) is 0 Å². The first-order chi connectivity index (χ1) is 10.1. The summed E-state index contributed by atoms with van der Waals surface area (Å²) < 4.78 is 5.72. The van der Waals surface area contributed by atoms with Crippen molar-refractivity contribution in [3.8, 4) is 0 Å². The summed E-state index contributed by atoms with van der Waals surface area (Å²) in [5.41, 5.74) is 4.29. The molecular formula is C19H18O2. The third-order valence-corrected chi connectivity index (χ3v) is 3.78. The van der Waals surface area contributed by atoms with Crippen molar-refractivity contribution in [3.63, 3.8) is 0 Å². The predicted octanol–water partition coefficient (Wildman–Crippen LogP) is 4.87. The number of para-hydroxylation sites is 1. The Balaban J connectivity index is 1.75. The quantitative estimate of drug-likeness (QED) is 0.638. The molecule has 0 aliphatic heterocycles. The van der Waals surface area contributed by atoms with E-state index in [2.05, 4.69) is 31.2 Å². The second kappa shape index (κ2) is 5.57. The van der Waals surface area contributed by atoms with Crippen LogP contribution in [-0.2, 0) is 6.42 Å². The van der Waals surface area contributed by atoms with Crippen LogP contribution in [-0.4, -0.2) is 5.78 Å². The number of carbonyl (C=O) groups is 1. The van der Waals surface area contributed by atoms with E-state index in [0.717, 1.165) is 23.0 Å². The summed E-state index contributed by atoms with van der Waals surface area (Å²) >= 11 is 0. The highest BCUT2D eigenvalue weighted by molar-refractivity contribution is 5.98. The minimum Gasteiger partial charge on any atom is -0.453 e. The van der Waals surface area contributed by atoms with Crippen molar-refractivity contribution in [1.82, 2.24) is 0 Å². The first-order valence-electron chi connectivity index (χ1n) is 7.21. The van der Waals surface area contributed by atoms with Crippen LogP contribution in [0.1, 0.15) is 33.7 Å². The van der Waals surface area contributed by atoms with Crippen LogP contribution in [0.25, 0.3) is 11.0 Å². The van der Waals surface area contributed by atoms with Crippen molar-refractivity contribution < 1.29 is 9.21 Å². The maximum Gasteiger partial charge on any atom is 0.198 e. The van der Waals surface area contributed by atoms with Gasteiger partial charge in [0.05, 0.1) is 0 Å². The largest absolute Gasteiger partial charge is 0.453 e. The van der Waals surface area contributed by atoms with Crippen LogP contribution < -0.4 is 0 Å². The van der Waals surface area contributed by atoms with Crippen LogP contribution in [0.2, 0.25) is 0 Å². The predicted molar refractivity (Wildman–Crippen MR) is 84.8 cm³/mol. The van der Waals surface area contributed by atoms with Gasteiger partial charge in [-0.2, -0.15) is 0 Å². The Bertz CT molecular complexity index is 779. The SMILES string of the molecule is Cc1ccc(CCC(=O)c2cc3cccc(C)c3o2)cc1. The average Bonchev–Trinajstić information content (AvgIpc) is 2.92. The number of hydrogen-bond acceptors (Lipinski definition) is 2. The molecule has 21 heavy (non-hydrogen) atoms. The zero-order valence-electron chi connectivity index (χ0n) is 12.3. The third-order valence-electron chi connectivity index (χ3n) is 3.78. The molecule has 0 spiro atoms. The molecule has 0 aliphatic carbocycles. The molecule has 0 bridgehead atoms. The van der Waals surface area contributed by atoms with Gasteiger partial charge in [0, 0.05) is 11.8 Å². The summed E-state index contributed by atoms with van der Waals surface area (Å²) in [6, 6.07) is 16.1. The molecule has 2 nitrogen and oxygen atoms in total. The van der Waals surface area contributed by atoms with Gasteiger partial charge >= 0.3 is 0 Å². The summed E-state index contributed by atoms with van der Waals surface area (Å²) in [6.07, 6.45) is 1.22. The number of furan rings is 1. The third kappa shape index (κ3) is 2.89. The molecule has 3 aromatic rings. The molecule has 0 amide bonds. The molecule has 2 aromatic carbocycles. The molecule has 0 fully saturated rings. The number of carbonyl (C=O) groups excluding carboxylic acids is 1. The van der Waals surface area contributed by atoms with Gasteiger partial charge in [0.1, 0.15) is 5.58 Å². The van der Waals surface area contributed by atoms with E-state index in [9.17, 15) is 4.79 Å². The zero-order valence-corrected chi connectivity index (χ0v) is 12.3. The van der Waals surface area contributed by atoms with Crippen molar-refractivity contribution in [2.75, 3.05) is 0 Å². The highest BCUT2D eigenvalue weighted by atomic mass is 16.3. The van der Waals surface area contributed by atoms with Gasteiger partial charge in [-0.05, 0) is 37.5 Å². The number of benzene rings is 2. The van der Waals surface area contributed by atoms with E-state index in [1.807, 2.05) is 31.2 Å². The van der Waals surface area contributed by atoms with Crippen molar-refractivity contribution in [2.24, 2.45) is 0 Å². The van der Waals surface area contributed by atoms with E-state index < -0.39 is 0 Å². The number of Topliss-reactive ketones (excluding diaryl/α,β-unsaturated/α-hetero) is 1. The van der Waals surface area contributed by atoms with Gasteiger partial charge in [0.15, 0.2) is 11.5 Å². The highest BCUT2D eigenvalue weighted by Gasteiger charge is 2.13. The molecule has 3 rings (SSSR count). The minimum absolute atomic E-state index is 0.0613. The van der Waals surface area contributed by atoms with Crippen LogP contribution in [0.3, 0.4) is 0 Å². The first kappa shape index (κ1) is 13.6. The first-order valence-corrected chi connectivity index (χ1v) is 7.21. The van der Waals surface area contributed by atoms with Crippen molar-refractivity contribution >= 4 is 16.8 Å². The standard InChI is InChI=1S/C19H18O2/c1-13-6-8-15(9-7-13)10-11-17(20)18-12-16-5-3-4-14(2)19(16)21-18/h3-9,12H,10-11H2,1-2H3. The molecule has 0 unspecified atom stereocenters. The Morgan fingerprint density at radius 3 is 2.52 bits per heavy atom. The maximum atomic E-state index is 12.3. The normalized spacial score (nSPS) is 11.0. The number of fused-ring (bicyclic) bond motifs is 1. The fraction of sp³-hybridized carbons (Fsp3) is 0.211. The van der Waals surface area contributed by atoms with E-state index in [1.54, 1.807) is 0 Å². The van der Waals surface area contributed by atoms with Gasteiger partial charge in [0.2, 0.25) is 0 Å². The Morgan fingerprint density at radius 2 is 1.81 bits per heavy atom. The molecule has 0 radical (unpaired) electrons. The molecule has 1 heterocycles. The van der Waals surface area contributed by atoms with Gasteiger partial charge < -0.3 is 4.42 Å². The summed E-state index contributed by atoms with van der Waals surface area (Å²) in [5, 5.41) is 0.994. The molecule has 1 aromatic heterocycles. The lowest BCUT2D eigenvalue weighted by molar-refractivity contribution is 0.0958. The number of rotatable bonds is 4. The van der Waals surface area contributed by atoms with Gasteiger partial charge in [-0.1, -0.05) is 48.0 Å². The zero-order chi connectivity index (χ0) is 14.8. The van der Waals surface area contributed by atoms with Crippen LogP contribution in [0.15, 0.2) is 52.9 Å². The van der Waals surface area contributed by atoms with Crippen molar-refractivity contribution in [2.45, 2.75) is 26.7 Å². The van der Waals surface area contributed by atoms with Crippen LogP contribution in [0.4, 0.5) is 0 Å². The van der Waals surface area contributed by atoms with Gasteiger partial charge in [-0.25, -0.2) is 0 Å². The summed E-state index contributed by atoms with van der Waals surface area (Å²) in [4.78, 5) is 12.3. The fourth-order valence-corrected chi connectivity index (χ4v) is 2.48. The molecular weight excluding hydrogens is 260 g/mol. The topological polar surface area (TPSA) is 30.2 Å². The lowest BCUT2D eigenvalue weighted by Gasteiger charge is -2.00. The molecule has 0 saturated carbocycles. The molecule has 106 valence electrons. The Morgan fingerprint density at radius 1 is 1.05 bits per heavy atom. The second-order valence-corrected chi connectivity index (χ2v) is 5.51. The molecule has 0 saturated heterocycles.